The van der Waals surface area contributed by atoms with E-state index in [1.54, 1.807) is 0 Å². The molecule has 0 radical (unpaired) electrons. The Morgan fingerprint density at radius 3 is 2.04 bits per heavy atom. The first-order chi connectivity index (χ1) is 10.6. The number of amides is 1. The van der Waals surface area contributed by atoms with Crippen LogP contribution in [0.3, 0.4) is 0 Å². The van der Waals surface area contributed by atoms with E-state index >= 15 is 0 Å². The Hall–Kier alpha value is -1.69. The Morgan fingerprint density at radius 1 is 1.17 bits per heavy atom. The van der Waals surface area contributed by atoms with Crippen molar-refractivity contribution in [2.75, 3.05) is 13.2 Å². The molecule has 1 amide bonds. The smallest absolute Gasteiger partial charge is 0.420 e. The summed E-state index contributed by atoms with van der Waals surface area (Å²) in [5, 5.41) is -1.90. The van der Waals surface area contributed by atoms with E-state index in [2.05, 4.69) is 28.7 Å². The fraction of sp³-hybridized carbons (Fsp3) is 0.583. The van der Waals surface area contributed by atoms with Gasteiger partial charge < -0.3 is 14.8 Å². The number of hydrogen-bond acceptors (Lipinski definition) is 6. The summed E-state index contributed by atoms with van der Waals surface area (Å²) in [6, 6.07) is 0. The second-order valence-electron chi connectivity index (χ2n) is 4.65. The standard InChI is InChI=1S/C12H14F5NO5S/c1-6(19)4-18-9(21)10(3,22-5-11(13,14)24)23-8(20)7(2)12(15,16)17/h24H,2,4-5H2,1,3H3,(H,18,21). The van der Waals surface area contributed by atoms with Gasteiger partial charge in [0.25, 0.3) is 11.7 Å². The van der Waals surface area contributed by atoms with Crippen LogP contribution in [0, 0.1) is 0 Å². The number of alkyl halides is 5. The first-order valence-corrected chi connectivity index (χ1v) is 6.54. The van der Waals surface area contributed by atoms with E-state index in [1.165, 1.54) is 0 Å². The van der Waals surface area contributed by atoms with Gasteiger partial charge in [0.1, 0.15) is 18.0 Å². The molecule has 0 aromatic carbocycles. The van der Waals surface area contributed by atoms with Crippen molar-refractivity contribution in [3.8, 4) is 0 Å². The van der Waals surface area contributed by atoms with Gasteiger partial charge in [-0.2, -0.15) is 22.0 Å². The first kappa shape index (κ1) is 22.3. The molecule has 0 aliphatic heterocycles. The highest BCUT2D eigenvalue weighted by Gasteiger charge is 2.46. The van der Waals surface area contributed by atoms with E-state index in [4.69, 9.17) is 0 Å². The van der Waals surface area contributed by atoms with Gasteiger partial charge in [-0.15, -0.1) is 12.6 Å². The minimum Gasteiger partial charge on any atom is -0.420 e. The van der Waals surface area contributed by atoms with Crippen molar-refractivity contribution >= 4 is 30.3 Å². The lowest BCUT2D eigenvalue weighted by Gasteiger charge is -2.29. The summed E-state index contributed by atoms with van der Waals surface area (Å²) in [7, 11) is 0. The Bertz CT molecular complexity index is 531. The molecule has 0 saturated carbocycles. The van der Waals surface area contributed by atoms with E-state index in [0.717, 1.165) is 6.92 Å². The van der Waals surface area contributed by atoms with Gasteiger partial charge >= 0.3 is 17.4 Å². The molecule has 138 valence electrons. The molecule has 24 heavy (non-hydrogen) atoms. The van der Waals surface area contributed by atoms with Gasteiger partial charge in [0.2, 0.25) is 0 Å². The van der Waals surface area contributed by atoms with Crippen molar-refractivity contribution in [2.45, 2.75) is 31.1 Å². The zero-order valence-corrected chi connectivity index (χ0v) is 13.4. The molecule has 1 unspecified atom stereocenters. The SMILES string of the molecule is C=C(C(=O)OC(C)(OCC(F)(F)S)C(=O)NCC(C)=O)C(F)(F)F. The van der Waals surface area contributed by atoms with Gasteiger partial charge in [-0.1, -0.05) is 6.58 Å². The van der Waals surface area contributed by atoms with Gasteiger partial charge in [-0.3, -0.25) is 9.59 Å². The number of ketones is 1. The monoisotopic (exact) mass is 379 g/mol. The third kappa shape index (κ3) is 7.73. The molecule has 1 atom stereocenters. The molecule has 0 saturated heterocycles. The molecule has 0 bridgehead atoms. The number of hydrogen-bond donors (Lipinski definition) is 2. The number of nitrogens with one attached hydrogen (secondary N) is 1. The molecule has 0 rings (SSSR count). The predicted molar refractivity (Wildman–Crippen MR) is 73.3 cm³/mol. The molecule has 1 N–H and O–H groups in total. The normalized spacial score (nSPS) is 14.5. The van der Waals surface area contributed by atoms with Crippen LogP contribution in [0.15, 0.2) is 12.2 Å². The van der Waals surface area contributed by atoms with Gasteiger partial charge in [0, 0.05) is 6.92 Å². The fourth-order valence-electron chi connectivity index (χ4n) is 1.09. The molecule has 0 aromatic rings. The number of ether oxygens (including phenoxy) is 2. The summed E-state index contributed by atoms with van der Waals surface area (Å²) in [6.45, 7) is 1.99. The summed E-state index contributed by atoms with van der Waals surface area (Å²) in [5.41, 5.74) is -1.98. The maximum Gasteiger partial charge on any atom is 0.422 e. The van der Waals surface area contributed by atoms with Crippen molar-refractivity contribution in [2.24, 2.45) is 0 Å². The molecule has 12 heteroatoms. The number of halogens is 5. The first-order valence-electron chi connectivity index (χ1n) is 6.10. The van der Waals surface area contributed by atoms with Crippen LogP contribution < -0.4 is 5.32 Å². The topological polar surface area (TPSA) is 81.7 Å². The van der Waals surface area contributed by atoms with Crippen LogP contribution >= 0.6 is 12.6 Å². The van der Waals surface area contributed by atoms with Crippen molar-refractivity contribution in [1.82, 2.24) is 5.32 Å². The van der Waals surface area contributed by atoms with E-state index in [0.29, 0.717) is 6.92 Å². The average Bonchev–Trinajstić information content (AvgIpc) is 2.39. The maximum absolute atomic E-state index is 12.7. The molecule has 6 nitrogen and oxygen atoms in total. The lowest BCUT2D eigenvalue weighted by atomic mass is 10.2. The Balaban J connectivity index is 5.31. The quantitative estimate of drug-likeness (QED) is 0.220. The van der Waals surface area contributed by atoms with E-state index in [9.17, 15) is 36.3 Å². The molecule has 0 aliphatic carbocycles. The third-order valence-corrected chi connectivity index (χ3v) is 2.44. The number of thiol groups is 1. The van der Waals surface area contributed by atoms with Crippen LogP contribution in [0.1, 0.15) is 13.8 Å². The number of Topliss-reactive ketones (excluding diaryl/α,β-unsaturated/α-hetero) is 1. The fourth-order valence-corrected chi connectivity index (χ4v) is 1.15. The molecule has 0 aromatic heterocycles. The van der Waals surface area contributed by atoms with Gasteiger partial charge in [-0.05, 0) is 6.92 Å². The molecular formula is C12H14F5NO5S. The number of carbonyl (C=O) groups excluding carboxylic acids is 3. The van der Waals surface area contributed by atoms with Crippen LogP contribution in [-0.2, 0) is 23.9 Å². The summed E-state index contributed by atoms with van der Waals surface area (Å²) in [4.78, 5) is 34.0. The van der Waals surface area contributed by atoms with Crippen molar-refractivity contribution in [1.29, 1.82) is 0 Å². The van der Waals surface area contributed by atoms with Crippen molar-refractivity contribution in [3.05, 3.63) is 12.2 Å². The molecular weight excluding hydrogens is 365 g/mol. The van der Waals surface area contributed by atoms with Crippen LogP contribution in [0.25, 0.3) is 0 Å². The minimum absolute atomic E-state index is 0.559. The number of carbonyl (C=O) groups is 3. The highest BCUT2D eigenvalue weighted by Crippen LogP contribution is 2.28. The lowest BCUT2D eigenvalue weighted by molar-refractivity contribution is -0.232. The molecule has 0 aliphatic rings. The van der Waals surface area contributed by atoms with Crippen LogP contribution in [-0.4, -0.2) is 48.0 Å². The number of esters is 1. The maximum atomic E-state index is 12.7. The average molecular weight is 379 g/mol. The second kappa shape index (κ2) is 7.92. The van der Waals surface area contributed by atoms with Gasteiger partial charge in [-0.25, -0.2) is 4.79 Å². The summed E-state index contributed by atoms with van der Waals surface area (Å²) >= 11 is 2.81. The van der Waals surface area contributed by atoms with Gasteiger partial charge in [0.15, 0.2) is 0 Å². The summed E-state index contributed by atoms with van der Waals surface area (Å²) < 4.78 is 71.3. The predicted octanol–water partition coefficient (Wildman–Crippen LogP) is 1.61. The minimum atomic E-state index is -5.17. The van der Waals surface area contributed by atoms with Crippen LogP contribution in [0.4, 0.5) is 22.0 Å². The van der Waals surface area contributed by atoms with Crippen molar-refractivity contribution in [3.63, 3.8) is 0 Å². The molecule has 0 fully saturated rings. The highest BCUT2D eigenvalue weighted by atomic mass is 32.1. The van der Waals surface area contributed by atoms with Gasteiger partial charge in [0.05, 0.1) is 6.54 Å². The zero-order valence-electron chi connectivity index (χ0n) is 12.5. The lowest BCUT2D eigenvalue weighted by Crippen LogP contribution is -2.52. The Kier molecular flexibility index (Phi) is 7.36. The van der Waals surface area contributed by atoms with E-state index in [1.807, 2.05) is 5.32 Å². The molecule has 0 heterocycles. The third-order valence-electron chi connectivity index (χ3n) is 2.31. The highest BCUT2D eigenvalue weighted by molar-refractivity contribution is 7.81. The van der Waals surface area contributed by atoms with E-state index < -0.39 is 53.6 Å². The van der Waals surface area contributed by atoms with E-state index in [-0.39, 0.29) is 0 Å². The Morgan fingerprint density at radius 2 is 1.67 bits per heavy atom. The van der Waals surface area contributed by atoms with Crippen LogP contribution in [0.2, 0.25) is 0 Å². The molecule has 0 spiro atoms. The van der Waals surface area contributed by atoms with Crippen LogP contribution in [0.5, 0.6) is 0 Å². The summed E-state index contributed by atoms with van der Waals surface area (Å²) in [6.07, 6.45) is -5.17. The zero-order chi connectivity index (χ0) is 19.3. The second-order valence-corrected chi connectivity index (χ2v) is 5.31. The largest absolute Gasteiger partial charge is 0.422 e. The number of rotatable bonds is 8. The van der Waals surface area contributed by atoms with Crippen molar-refractivity contribution < 1.29 is 45.8 Å². The summed E-state index contributed by atoms with van der Waals surface area (Å²) in [5.74, 6) is -6.95. The Labute approximate surface area is 138 Å².